The molecule has 0 radical (unpaired) electrons. The lowest BCUT2D eigenvalue weighted by Gasteiger charge is -2.18. The van der Waals surface area contributed by atoms with Gasteiger partial charge in [0.2, 0.25) is 0 Å². The van der Waals surface area contributed by atoms with Crippen LogP contribution in [0.15, 0.2) is 48.5 Å². The number of esters is 1. The van der Waals surface area contributed by atoms with Crippen LogP contribution in [0.4, 0.5) is 4.39 Å². The summed E-state index contributed by atoms with van der Waals surface area (Å²) in [6, 6.07) is 14.0. The van der Waals surface area contributed by atoms with E-state index in [-0.39, 0.29) is 11.8 Å². The molecule has 0 heterocycles. The molecule has 0 aliphatic rings. The lowest BCUT2D eigenvalue weighted by Crippen LogP contribution is -2.10. The molecule has 0 spiro atoms. The minimum absolute atomic E-state index is 0.310. The summed E-state index contributed by atoms with van der Waals surface area (Å²) in [6.45, 7) is 5.62. The van der Waals surface area contributed by atoms with Crippen molar-refractivity contribution in [1.29, 1.82) is 0 Å². The van der Waals surface area contributed by atoms with Gasteiger partial charge < -0.3 is 4.74 Å². The molecule has 0 aromatic heterocycles. The largest absolute Gasteiger partial charge is 0.453 e. The molecule has 0 aliphatic heterocycles. The molecular formula is C18H19FO2. The summed E-state index contributed by atoms with van der Waals surface area (Å²) >= 11 is 0. The fourth-order valence-electron chi connectivity index (χ4n) is 2.19. The quantitative estimate of drug-likeness (QED) is 0.768. The van der Waals surface area contributed by atoms with Crippen LogP contribution < -0.4 is 0 Å². The van der Waals surface area contributed by atoms with Crippen molar-refractivity contribution in [3.63, 3.8) is 0 Å². The minimum Gasteiger partial charge on any atom is -0.453 e. The molecule has 0 aliphatic carbocycles. The van der Waals surface area contributed by atoms with Crippen LogP contribution in [0.3, 0.4) is 0 Å². The molecular weight excluding hydrogens is 267 g/mol. The third-order valence-corrected chi connectivity index (χ3v) is 3.36. The zero-order valence-electron chi connectivity index (χ0n) is 12.5. The van der Waals surface area contributed by atoms with Gasteiger partial charge in [0, 0.05) is 6.92 Å². The Labute approximate surface area is 124 Å². The third kappa shape index (κ3) is 3.91. The zero-order chi connectivity index (χ0) is 15.4. The van der Waals surface area contributed by atoms with Crippen molar-refractivity contribution in [2.24, 2.45) is 0 Å². The van der Waals surface area contributed by atoms with Crippen molar-refractivity contribution in [1.82, 2.24) is 0 Å². The maximum atomic E-state index is 13.0. The predicted molar refractivity (Wildman–Crippen MR) is 80.5 cm³/mol. The van der Waals surface area contributed by atoms with E-state index in [0.29, 0.717) is 5.92 Å². The number of hydrogen-bond donors (Lipinski definition) is 0. The van der Waals surface area contributed by atoms with Gasteiger partial charge in [-0.05, 0) is 34.7 Å². The highest BCUT2D eigenvalue weighted by Gasteiger charge is 2.17. The van der Waals surface area contributed by atoms with Crippen LogP contribution in [0, 0.1) is 5.82 Å². The molecule has 21 heavy (non-hydrogen) atoms. The van der Waals surface area contributed by atoms with Gasteiger partial charge in [0.25, 0.3) is 0 Å². The number of carbonyl (C=O) groups is 1. The second kappa shape index (κ2) is 6.53. The summed E-state index contributed by atoms with van der Waals surface area (Å²) in [7, 11) is 0. The van der Waals surface area contributed by atoms with Gasteiger partial charge >= 0.3 is 5.97 Å². The normalized spacial score (nSPS) is 12.2. The van der Waals surface area contributed by atoms with E-state index in [1.165, 1.54) is 24.6 Å². The third-order valence-electron chi connectivity index (χ3n) is 3.36. The molecule has 0 unspecified atom stereocenters. The first kappa shape index (κ1) is 15.2. The van der Waals surface area contributed by atoms with Gasteiger partial charge in [-0.15, -0.1) is 0 Å². The SMILES string of the molecule is CC(=O)O[C@H](c1ccc(F)cc1)c1ccc(C(C)C)cc1. The molecule has 0 bridgehead atoms. The summed E-state index contributed by atoms with van der Waals surface area (Å²) in [5.74, 6) is -0.232. The summed E-state index contributed by atoms with van der Waals surface area (Å²) in [6.07, 6.45) is -0.510. The lowest BCUT2D eigenvalue weighted by molar-refractivity contribution is -0.144. The van der Waals surface area contributed by atoms with Crippen molar-refractivity contribution in [2.45, 2.75) is 32.8 Å². The molecule has 1 atom stereocenters. The first-order valence-electron chi connectivity index (χ1n) is 7.00. The van der Waals surface area contributed by atoms with Gasteiger partial charge in [0.05, 0.1) is 0 Å². The molecule has 0 fully saturated rings. The molecule has 0 amide bonds. The second-order valence-electron chi connectivity index (χ2n) is 5.36. The fourth-order valence-corrected chi connectivity index (χ4v) is 2.19. The Morgan fingerprint density at radius 3 is 1.76 bits per heavy atom. The maximum Gasteiger partial charge on any atom is 0.303 e. The van der Waals surface area contributed by atoms with Gasteiger partial charge in [-0.25, -0.2) is 4.39 Å². The minimum atomic E-state index is -0.510. The van der Waals surface area contributed by atoms with E-state index in [2.05, 4.69) is 13.8 Å². The Kier molecular flexibility index (Phi) is 4.73. The van der Waals surface area contributed by atoms with Crippen molar-refractivity contribution in [3.05, 3.63) is 71.0 Å². The van der Waals surface area contributed by atoms with Gasteiger partial charge in [0.1, 0.15) is 5.82 Å². The topological polar surface area (TPSA) is 26.3 Å². The van der Waals surface area contributed by atoms with Crippen LogP contribution in [0.25, 0.3) is 0 Å². The van der Waals surface area contributed by atoms with E-state index >= 15 is 0 Å². The number of hydrogen-bond acceptors (Lipinski definition) is 2. The Bertz CT molecular complexity index is 600. The molecule has 0 N–H and O–H groups in total. The molecule has 2 aromatic carbocycles. The van der Waals surface area contributed by atoms with Gasteiger partial charge in [0.15, 0.2) is 6.10 Å². The van der Waals surface area contributed by atoms with E-state index in [9.17, 15) is 9.18 Å². The number of halogens is 1. The summed E-state index contributed by atoms with van der Waals surface area (Å²) < 4.78 is 18.5. The number of rotatable bonds is 4. The van der Waals surface area contributed by atoms with Crippen LogP contribution in [-0.4, -0.2) is 5.97 Å². The van der Waals surface area contributed by atoms with Crippen LogP contribution in [0.5, 0.6) is 0 Å². The lowest BCUT2D eigenvalue weighted by atomic mass is 9.97. The Morgan fingerprint density at radius 1 is 0.905 bits per heavy atom. The molecule has 2 aromatic rings. The Hall–Kier alpha value is -2.16. The number of ether oxygens (including phenoxy) is 1. The molecule has 110 valence electrons. The summed E-state index contributed by atoms with van der Waals surface area (Å²) in [5.41, 5.74) is 2.85. The van der Waals surface area contributed by atoms with Crippen molar-refractivity contribution in [3.8, 4) is 0 Å². The smallest absolute Gasteiger partial charge is 0.303 e. The van der Waals surface area contributed by atoms with Crippen LogP contribution in [0.1, 0.15) is 49.5 Å². The molecule has 0 saturated heterocycles. The fraction of sp³-hybridized carbons (Fsp3) is 0.278. The standard InChI is InChI=1S/C18H19FO2/c1-12(2)14-4-6-15(7-5-14)18(21-13(3)20)16-8-10-17(19)11-9-16/h4-12,18H,1-3H3/t18-/m0/s1. The van der Waals surface area contributed by atoms with E-state index in [4.69, 9.17) is 4.74 Å². The highest BCUT2D eigenvalue weighted by molar-refractivity contribution is 5.66. The first-order chi connectivity index (χ1) is 9.97. The highest BCUT2D eigenvalue weighted by atomic mass is 19.1. The van der Waals surface area contributed by atoms with Crippen molar-refractivity contribution < 1.29 is 13.9 Å². The average molecular weight is 286 g/mol. The number of benzene rings is 2. The predicted octanol–water partition coefficient (Wildman–Crippen LogP) is 4.60. The Balaban J connectivity index is 2.35. The number of carbonyl (C=O) groups excluding carboxylic acids is 1. The van der Waals surface area contributed by atoms with Gasteiger partial charge in [-0.1, -0.05) is 50.2 Å². The van der Waals surface area contributed by atoms with Gasteiger partial charge in [-0.2, -0.15) is 0 Å². The van der Waals surface area contributed by atoms with E-state index < -0.39 is 6.10 Å². The second-order valence-corrected chi connectivity index (χ2v) is 5.36. The molecule has 3 heteroatoms. The average Bonchev–Trinajstić information content (AvgIpc) is 2.46. The van der Waals surface area contributed by atoms with Crippen LogP contribution in [-0.2, 0) is 9.53 Å². The molecule has 2 rings (SSSR count). The maximum absolute atomic E-state index is 13.0. The van der Waals surface area contributed by atoms with E-state index in [1.54, 1.807) is 12.1 Å². The van der Waals surface area contributed by atoms with Crippen LogP contribution >= 0.6 is 0 Å². The molecule has 2 nitrogen and oxygen atoms in total. The van der Waals surface area contributed by atoms with E-state index in [0.717, 1.165) is 11.1 Å². The summed E-state index contributed by atoms with van der Waals surface area (Å²) in [4.78, 5) is 11.3. The van der Waals surface area contributed by atoms with E-state index in [1.807, 2.05) is 24.3 Å². The first-order valence-corrected chi connectivity index (χ1v) is 7.00. The highest BCUT2D eigenvalue weighted by Crippen LogP contribution is 2.27. The zero-order valence-corrected chi connectivity index (χ0v) is 12.5. The van der Waals surface area contributed by atoms with Crippen molar-refractivity contribution >= 4 is 5.97 Å². The monoisotopic (exact) mass is 286 g/mol. The van der Waals surface area contributed by atoms with Crippen LogP contribution in [0.2, 0.25) is 0 Å². The molecule has 0 saturated carbocycles. The van der Waals surface area contributed by atoms with Gasteiger partial charge in [-0.3, -0.25) is 4.79 Å². The summed E-state index contributed by atoms with van der Waals surface area (Å²) in [5, 5.41) is 0. The Morgan fingerprint density at radius 2 is 1.33 bits per heavy atom. The van der Waals surface area contributed by atoms with Crippen molar-refractivity contribution in [2.75, 3.05) is 0 Å².